The molecule has 8 nitrogen and oxygen atoms in total. The average Bonchev–Trinajstić information content (AvgIpc) is 2.65. The van der Waals surface area contributed by atoms with Crippen LogP contribution >= 0.6 is 24.0 Å². The zero-order valence-corrected chi connectivity index (χ0v) is 20.1. The Labute approximate surface area is 185 Å². The number of guanidine groups is 1. The first kappa shape index (κ1) is 24.8. The van der Waals surface area contributed by atoms with E-state index < -0.39 is 9.84 Å². The summed E-state index contributed by atoms with van der Waals surface area (Å²) in [5.41, 5.74) is 1.10. The van der Waals surface area contributed by atoms with E-state index in [4.69, 9.17) is 9.47 Å². The highest BCUT2D eigenvalue weighted by Crippen LogP contribution is 2.25. The molecule has 1 N–H and O–H groups in total. The van der Waals surface area contributed by atoms with E-state index in [1.54, 1.807) is 21.3 Å². The van der Waals surface area contributed by atoms with E-state index in [2.05, 4.69) is 20.1 Å². The summed E-state index contributed by atoms with van der Waals surface area (Å²) in [4.78, 5) is 8.79. The standard InChI is InChI=1S/C18H30N4O4S.HI/c1-19-18(20-7-12-27(4,23)24)22-10-8-21(9-11-22)14-15-13-16(25-2)5-6-17(15)26-3;/h5-6,13H,7-12,14H2,1-4H3,(H,19,20);1H. The van der Waals surface area contributed by atoms with Crippen LogP contribution in [0, 0.1) is 0 Å². The third-order valence-electron chi connectivity index (χ3n) is 4.52. The zero-order chi connectivity index (χ0) is 19.9. The fraction of sp³-hybridized carbons (Fsp3) is 0.611. The van der Waals surface area contributed by atoms with Gasteiger partial charge in [-0.25, -0.2) is 8.42 Å². The van der Waals surface area contributed by atoms with Crippen molar-refractivity contribution in [3.63, 3.8) is 0 Å². The number of halogens is 1. The molecule has 0 aliphatic carbocycles. The van der Waals surface area contributed by atoms with Gasteiger partial charge in [-0.1, -0.05) is 0 Å². The van der Waals surface area contributed by atoms with Crippen LogP contribution < -0.4 is 14.8 Å². The summed E-state index contributed by atoms with van der Waals surface area (Å²) in [5, 5.41) is 3.14. The lowest BCUT2D eigenvalue weighted by molar-refractivity contribution is 0.171. The molecule has 28 heavy (non-hydrogen) atoms. The number of nitrogens with one attached hydrogen (secondary N) is 1. The normalized spacial score (nSPS) is 15.7. The minimum Gasteiger partial charge on any atom is -0.497 e. The molecule has 0 atom stereocenters. The van der Waals surface area contributed by atoms with E-state index >= 15 is 0 Å². The fourth-order valence-corrected chi connectivity index (χ4v) is 3.52. The third-order valence-corrected chi connectivity index (χ3v) is 5.47. The SMILES string of the molecule is CN=C(NCCS(C)(=O)=O)N1CCN(Cc2cc(OC)ccc2OC)CC1.I. The number of sulfone groups is 1. The summed E-state index contributed by atoms with van der Waals surface area (Å²) in [6.45, 7) is 4.57. The fourth-order valence-electron chi connectivity index (χ4n) is 3.04. The highest BCUT2D eigenvalue weighted by molar-refractivity contribution is 14.0. The molecule has 0 bridgehead atoms. The highest BCUT2D eigenvalue weighted by Gasteiger charge is 2.21. The van der Waals surface area contributed by atoms with Gasteiger partial charge < -0.3 is 19.7 Å². The Morgan fingerprint density at radius 2 is 1.86 bits per heavy atom. The molecular weight excluding hydrogens is 495 g/mol. The molecule has 1 saturated heterocycles. The number of ether oxygens (including phenoxy) is 2. The lowest BCUT2D eigenvalue weighted by atomic mass is 10.1. The van der Waals surface area contributed by atoms with Crippen LogP contribution in [0.4, 0.5) is 0 Å². The van der Waals surface area contributed by atoms with Gasteiger partial charge in [-0.05, 0) is 18.2 Å². The number of piperazine rings is 1. The Hall–Kier alpha value is -1.27. The van der Waals surface area contributed by atoms with Gasteiger partial charge in [0.25, 0.3) is 0 Å². The van der Waals surface area contributed by atoms with Gasteiger partial charge in [-0.15, -0.1) is 24.0 Å². The van der Waals surface area contributed by atoms with Crippen molar-refractivity contribution < 1.29 is 17.9 Å². The molecule has 1 fully saturated rings. The molecule has 1 aliphatic rings. The van der Waals surface area contributed by atoms with Gasteiger partial charge in [0.2, 0.25) is 0 Å². The van der Waals surface area contributed by atoms with Crippen molar-refractivity contribution in [2.24, 2.45) is 4.99 Å². The zero-order valence-electron chi connectivity index (χ0n) is 17.0. The minimum atomic E-state index is -2.98. The molecular formula is C18H31IN4O4S. The molecule has 1 aromatic carbocycles. The molecule has 2 rings (SSSR count). The summed E-state index contributed by atoms with van der Waals surface area (Å²) in [5.74, 6) is 2.52. The highest BCUT2D eigenvalue weighted by atomic mass is 127. The Balaban J connectivity index is 0.00000392. The van der Waals surface area contributed by atoms with Gasteiger partial charge in [-0.2, -0.15) is 0 Å². The molecule has 1 aliphatic heterocycles. The second-order valence-electron chi connectivity index (χ2n) is 6.54. The van der Waals surface area contributed by atoms with Crippen LogP contribution in [0.5, 0.6) is 11.5 Å². The summed E-state index contributed by atoms with van der Waals surface area (Å²) in [6, 6.07) is 5.83. The Bertz CT molecular complexity index is 750. The maximum atomic E-state index is 11.3. The van der Waals surface area contributed by atoms with Gasteiger partial charge in [-0.3, -0.25) is 9.89 Å². The van der Waals surface area contributed by atoms with E-state index in [0.717, 1.165) is 55.7 Å². The number of aliphatic imine (C=N–C) groups is 1. The monoisotopic (exact) mass is 526 g/mol. The summed E-state index contributed by atoms with van der Waals surface area (Å²) < 4.78 is 33.3. The summed E-state index contributed by atoms with van der Waals surface area (Å²) in [7, 11) is 2.07. The van der Waals surface area contributed by atoms with Crippen LogP contribution in [0.3, 0.4) is 0 Å². The predicted octanol–water partition coefficient (Wildman–Crippen LogP) is 1.06. The number of benzene rings is 1. The molecule has 0 aromatic heterocycles. The number of methoxy groups -OCH3 is 2. The van der Waals surface area contributed by atoms with Gasteiger partial charge >= 0.3 is 0 Å². The quantitative estimate of drug-likeness (QED) is 0.323. The van der Waals surface area contributed by atoms with E-state index in [0.29, 0.717) is 6.54 Å². The smallest absolute Gasteiger partial charge is 0.193 e. The topological polar surface area (TPSA) is 83.5 Å². The summed E-state index contributed by atoms with van der Waals surface area (Å²) in [6.07, 6.45) is 1.24. The molecule has 0 unspecified atom stereocenters. The molecule has 160 valence electrons. The van der Waals surface area contributed by atoms with E-state index in [9.17, 15) is 8.42 Å². The largest absolute Gasteiger partial charge is 0.497 e. The van der Waals surface area contributed by atoms with Crippen LogP contribution in [0.25, 0.3) is 0 Å². The van der Waals surface area contributed by atoms with E-state index in [-0.39, 0.29) is 29.7 Å². The van der Waals surface area contributed by atoms with Crippen molar-refractivity contribution >= 4 is 39.8 Å². The number of nitrogens with zero attached hydrogens (tertiary/aromatic N) is 3. The second-order valence-corrected chi connectivity index (χ2v) is 8.80. The van der Waals surface area contributed by atoms with Crippen molar-refractivity contribution in [1.29, 1.82) is 0 Å². The molecule has 0 saturated carbocycles. The first-order valence-electron chi connectivity index (χ1n) is 8.93. The van der Waals surface area contributed by atoms with E-state index in [1.165, 1.54) is 6.26 Å². The average molecular weight is 526 g/mol. The number of rotatable bonds is 7. The molecule has 1 aromatic rings. The molecule has 1 heterocycles. The van der Waals surface area contributed by atoms with Crippen molar-refractivity contribution in [1.82, 2.24) is 15.1 Å². The van der Waals surface area contributed by atoms with Crippen LogP contribution in [-0.2, 0) is 16.4 Å². The third kappa shape index (κ3) is 7.63. The van der Waals surface area contributed by atoms with Gasteiger partial charge in [0.1, 0.15) is 21.3 Å². The van der Waals surface area contributed by atoms with Gasteiger partial charge in [0.05, 0.1) is 20.0 Å². The van der Waals surface area contributed by atoms with Crippen molar-refractivity contribution in [3.8, 4) is 11.5 Å². The molecule has 10 heteroatoms. The molecule has 0 amide bonds. The second kappa shape index (κ2) is 11.7. The minimum absolute atomic E-state index is 0. The Kier molecular flexibility index (Phi) is 10.3. The number of hydrogen-bond acceptors (Lipinski definition) is 6. The van der Waals surface area contributed by atoms with Crippen molar-refractivity contribution in [2.45, 2.75) is 6.54 Å². The Morgan fingerprint density at radius 1 is 1.18 bits per heavy atom. The molecule has 0 radical (unpaired) electrons. The molecule has 0 spiro atoms. The van der Waals surface area contributed by atoms with Crippen LogP contribution in [0.15, 0.2) is 23.2 Å². The maximum Gasteiger partial charge on any atom is 0.193 e. The van der Waals surface area contributed by atoms with Gasteiger partial charge in [0, 0.05) is 58.1 Å². The lowest BCUT2D eigenvalue weighted by Gasteiger charge is -2.36. The van der Waals surface area contributed by atoms with Crippen LogP contribution in [-0.4, -0.2) is 90.2 Å². The van der Waals surface area contributed by atoms with E-state index in [1.807, 2.05) is 18.2 Å². The first-order valence-corrected chi connectivity index (χ1v) is 11.0. The van der Waals surface area contributed by atoms with Crippen molar-refractivity contribution in [3.05, 3.63) is 23.8 Å². The van der Waals surface area contributed by atoms with Gasteiger partial charge in [0.15, 0.2) is 5.96 Å². The summed E-state index contributed by atoms with van der Waals surface area (Å²) >= 11 is 0. The van der Waals surface area contributed by atoms with Crippen LogP contribution in [0.2, 0.25) is 0 Å². The van der Waals surface area contributed by atoms with Crippen LogP contribution in [0.1, 0.15) is 5.56 Å². The predicted molar refractivity (Wildman–Crippen MR) is 123 cm³/mol. The maximum absolute atomic E-state index is 11.3. The Morgan fingerprint density at radius 3 is 2.39 bits per heavy atom. The lowest BCUT2D eigenvalue weighted by Crippen LogP contribution is -2.52. The number of hydrogen-bond donors (Lipinski definition) is 1. The van der Waals surface area contributed by atoms with Crippen molar-refractivity contribution in [2.75, 3.05) is 66.0 Å². The first-order chi connectivity index (χ1) is 12.9.